The van der Waals surface area contributed by atoms with Gasteiger partial charge in [-0.3, -0.25) is 4.79 Å². The Kier molecular flexibility index (Phi) is 3.38. The van der Waals surface area contributed by atoms with Crippen LogP contribution in [0.25, 0.3) is 0 Å². The number of carbonyl (C=O) groups is 1. The number of likely N-dealkylation sites (tertiary alicyclic amines) is 1. The smallest absolute Gasteiger partial charge is 0.227 e. The maximum absolute atomic E-state index is 12.9. The molecule has 1 aliphatic rings. The standard InChI is InChI=1S/C12H13F2NO2/c13-10-2-1-8(5-11(10)14)6-12(17)15-4-3-9(16)7-15/h1-2,5,9,16H,3-4,6-7H2/t9-/m0/s1. The van der Waals surface area contributed by atoms with Gasteiger partial charge < -0.3 is 10.0 Å². The SMILES string of the molecule is O=C(Cc1ccc(F)c(F)c1)N1CC[C@H](O)C1. The summed E-state index contributed by atoms with van der Waals surface area (Å²) in [6.45, 7) is 0.839. The number of benzene rings is 1. The van der Waals surface area contributed by atoms with Gasteiger partial charge in [0.25, 0.3) is 0 Å². The summed E-state index contributed by atoms with van der Waals surface area (Å²) >= 11 is 0. The number of β-amino-alcohol motifs (C(OH)–C–C–N with tert-alkyl or cyclic N) is 1. The molecule has 1 N–H and O–H groups in total. The zero-order valence-corrected chi connectivity index (χ0v) is 9.20. The van der Waals surface area contributed by atoms with Crippen LogP contribution in [0.2, 0.25) is 0 Å². The molecule has 1 fully saturated rings. The fourth-order valence-electron chi connectivity index (χ4n) is 1.90. The van der Waals surface area contributed by atoms with Gasteiger partial charge in [0.15, 0.2) is 11.6 Å². The molecule has 17 heavy (non-hydrogen) atoms. The molecule has 1 heterocycles. The lowest BCUT2D eigenvalue weighted by molar-refractivity contribution is -0.129. The molecule has 1 atom stereocenters. The average molecular weight is 241 g/mol. The van der Waals surface area contributed by atoms with Crippen LogP contribution in [0.4, 0.5) is 8.78 Å². The molecule has 1 aromatic rings. The third kappa shape index (κ3) is 2.79. The Morgan fingerprint density at radius 1 is 1.41 bits per heavy atom. The summed E-state index contributed by atoms with van der Waals surface area (Å²) in [7, 11) is 0. The van der Waals surface area contributed by atoms with Gasteiger partial charge in [0, 0.05) is 13.1 Å². The molecule has 0 spiro atoms. The molecular weight excluding hydrogens is 228 g/mol. The summed E-state index contributed by atoms with van der Waals surface area (Å²) in [4.78, 5) is 13.3. The molecule has 5 heteroatoms. The average Bonchev–Trinajstić information content (AvgIpc) is 2.70. The van der Waals surface area contributed by atoms with Crippen molar-refractivity contribution in [2.75, 3.05) is 13.1 Å². The Balaban J connectivity index is 2.00. The molecule has 1 aliphatic heterocycles. The number of halogens is 2. The second-order valence-corrected chi connectivity index (χ2v) is 4.21. The van der Waals surface area contributed by atoms with E-state index in [0.717, 1.165) is 12.1 Å². The molecule has 1 amide bonds. The van der Waals surface area contributed by atoms with Gasteiger partial charge in [-0.1, -0.05) is 6.07 Å². The van der Waals surface area contributed by atoms with Crippen molar-refractivity contribution in [3.05, 3.63) is 35.4 Å². The molecule has 3 nitrogen and oxygen atoms in total. The molecule has 0 bridgehead atoms. The van der Waals surface area contributed by atoms with Gasteiger partial charge >= 0.3 is 0 Å². The molecule has 0 unspecified atom stereocenters. The first-order chi connectivity index (χ1) is 8.06. The Morgan fingerprint density at radius 3 is 2.76 bits per heavy atom. The molecule has 2 rings (SSSR count). The van der Waals surface area contributed by atoms with E-state index in [1.165, 1.54) is 11.0 Å². The van der Waals surface area contributed by atoms with E-state index in [0.29, 0.717) is 25.1 Å². The Bertz CT molecular complexity index is 437. The monoisotopic (exact) mass is 241 g/mol. The number of aliphatic hydroxyl groups is 1. The van der Waals surface area contributed by atoms with E-state index in [9.17, 15) is 18.7 Å². The largest absolute Gasteiger partial charge is 0.391 e. The number of nitrogens with zero attached hydrogens (tertiary/aromatic N) is 1. The fourth-order valence-corrected chi connectivity index (χ4v) is 1.90. The lowest BCUT2D eigenvalue weighted by Crippen LogP contribution is -2.30. The van der Waals surface area contributed by atoms with Gasteiger partial charge in [0.2, 0.25) is 5.91 Å². The number of aliphatic hydroxyl groups excluding tert-OH is 1. The highest BCUT2D eigenvalue weighted by molar-refractivity contribution is 5.79. The molecular formula is C12H13F2NO2. The van der Waals surface area contributed by atoms with Crippen molar-refractivity contribution in [1.82, 2.24) is 4.90 Å². The van der Waals surface area contributed by atoms with Gasteiger partial charge in [0.05, 0.1) is 12.5 Å². The van der Waals surface area contributed by atoms with Crippen LogP contribution in [0.5, 0.6) is 0 Å². The molecule has 0 saturated carbocycles. The predicted octanol–water partition coefficient (Wildman–Crippen LogP) is 1.10. The molecule has 0 aliphatic carbocycles. The normalized spacial score (nSPS) is 19.7. The fraction of sp³-hybridized carbons (Fsp3) is 0.417. The van der Waals surface area contributed by atoms with Crippen molar-refractivity contribution in [3.8, 4) is 0 Å². The molecule has 0 aromatic heterocycles. The van der Waals surface area contributed by atoms with Crippen molar-refractivity contribution < 1.29 is 18.7 Å². The van der Waals surface area contributed by atoms with Crippen LogP contribution in [0, 0.1) is 11.6 Å². The molecule has 1 aromatic carbocycles. The third-order valence-electron chi connectivity index (χ3n) is 2.86. The van der Waals surface area contributed by atoms with E-state index in [-0.39, 0.29) is 12.3 Å². The van der Waals surface area contributed by atoms with Crippen molar-refractivity contribution in [2.24, 2.45) is 0 Å². The number of rotatable bonds is 2. The van der Waals surface area contributed by atoms with Gasteiger partial charge in [-0.05, 0) is 24.1 Å². The molecule has 92 valence electrons. The summed E-state index contributed by atoms with van der Waals surface area (Å²) in [5.74, 6) is -2.04. The van der Waals surface area contributed by atoms with Gasteiger partial charge in [-0.25, -0.2) is 8.78 Å². The van der Waals surface area contributed by atoms with E-state index in [1.807, 2.05) is 0 Å². The van der Waals surface area contributed by atoms with E-state index < -0.39 is 17.7 Å². The number of carbonyl (C=O) groups excluding carboxylic acids is 1. The second kappa shape index (κ2) is 4.79. The van der Waals surface area contributed by atoms with E-state index in [4.69, 9.17) is 0 Å². The zero-order valence-electron chi connectivity index (χ0n) is 9.20. The lowest BCUT2D eigenvalue weighted by Gasteiger charge is -2.15. The summed E-state index contributed by atoms with van der Waals surface area (Å²) in [6, 6.07) is 3.43. The van der Waals surface area contributed by atoms with E-state index in [2.05, 4.69) is 0 Å². The van der Waals surface area contributed by atoms with Crippen molar-refractivity contribution in [3.63, 3.8) is 0 Å². The first-order valence-corrected chi connectivity index (χ1v) is 5.46. The van der Waals surface area contributed by atoms with Crippen molar-refractivity contribution >= 4 is 5.91 Å². The third-order valence-corrected chi connectivity index (χ3v) is 2.86. The van der Waals surface area contributed by atoms with Crippen LogP contribution >= 0.6 is 0 Å². The number of hydrogen-bond donors (Lipinski definition) is 1. The number of hydrogen-bond acceptors (Lipinski definition) is 2. The second-order valence-electron chi connectivity index (χ2n) is 4.21. The van der Waals surface area contributed by atoms with Crippen LogP contribution in [0.1, 0.15) is 12.0 Å². The Labute approximate surface area is 97.7 Å². The lowest BCUT2D eigenvalue weighted by atomic mass is 10.1. The highest BCUT2D eigenvalue weighted by Gasteiger charge is 2.24. The van der Waals surface area contributed by atoms with Gasteiger partial charge in [-0.2, -0.15) is 0 Å². The van der Waals surface area contributed by atoms with E-state index in [1.54, 1.807) is 0 Å². The highest BCUT2D eigenvalue weighted by Crippen LogP contribution is 2.13. The van der Waals surface area contributed by atoms with Crippen molar-refractivity contribution in [2.45, 2.75) is 18.9 Å². The van der Waals surface area contributed by atoms with E-state index >= 15 is 0 Å². The van der Waals surface area contributed by atoms with Crippen LogP contribution in [0.3, 0.4) is 0 Å². The Hall–Kier alpha value is -1.49. The van der Waals surface area contributed by atoms with Gasteiger partial charge in [-0.15, -0.1) is 0 Å². The summed E-state index contributed by atoms with van der Waals surface area (Å²) in [6.07, 6.45) is 0.136. The minimum absolute atomic E-state index is 0.0317. The first kappa shape index (κ1) is 12.0. The minimum atomic E-state index is -0.947. The highest BCUT2D eigenvalue weighted by atomic mass is 19.2. The van der Waals surface area contributed by atoms with Crippen LogP contribution in [-0.4, -0.2) is 35.1 Å². The molecule has 1 saturated heterocycles. The van der Waals surface area contributed by atoms with Crippen LogP contribution < -0.4 is 0 Å². The van der Waals surface area contributed by atoms with Crippen LogP contribution in [-0.2, 0) is 11.2 Å². The maximum atomic E-state index is 12.9. The minimum Gasteiger partial charge on any atom is -0.391 e. The maximum Gasteiger partial charge on any atom is 0.227 e. The Morgan fingerprint density at radius 2 is 2.18 bits per heavy atom. The first-order valence-electron chi connectivity index (χ1n) is 5.46. The number of amides is 1. The van der Waals surface area contributed by atoms with Crippen molar-refractivity contribution in [1.29, 1.82) is 0 Å². The quantitative estimate of drug-likeness (QED) is 0.842. The summed E-state index contributed by atoms with van der Waals surface area (Å²) in [5, 5.41) is 9.29. The summed E-state index contributed by atoms with van der Waals surface area (Å²) < 4.78 is 25.6. The predicted molar refractivity (Wildman–Crippen MR) is 57.3 cm³/mol. The zero-order chi connectivity index (χ0) is 12.4. The van der Waals surface area contributed by atoms with Gasteiger partial charge in [0.1, 0.15) is 0 Å². The molecule has 0 radical (unpaired) electrons. The van der Waals surface area contributed by atoms with Crippen LogP contribution in [0.15, 0.2) is 18.2 Å². The summed E-state index contributed by atoms with van der Waals surface area (Å²) in [5.41, 5.74) is 0.440. The topological polar surface area (TPSA) is 40.5 Å².